The zero-order valence-electron chi connectivity index (χ0n) is 33.3. The molecule has 54 heavy (non-hydrogen) atoms. The van der Waals surface area contributed by atoms with Crippen molar-refractivity contribution in [1.29, 1.82) is 0 Å². The van der Waals surface area contributed by atoms with Crippen molar-refractivity contribution >= 4 is 11.9 Å². The van der Waals surface area contributed by atoms with Crippen LogP contribution in [0.25, 0.3) is 0 Å². The number of carbonyl (C=O) groups is 2. The molecule has 0 amide bonds. The van der Waals surface area contributed by atoms with Crippen LogP contribution in [0.3, 0.4) is 0 Å². The molecular weight excluding hydrogens is 700 g/mol. The Bertz CT molecular complexity index is 1480. The van der Waals surface area contributed by atoms with E-state index in [0.29, 0.717) is 44.9 Å². The zero-order valence-corrected chi connectivity index (χ0v) is 33.3. The van der Waals surface area contributed by atoms with Crippen molar-refractivity contribution in [2.24, 2.45) is 56.2 Å². The molecule has 0 radical (unpaired) electrons. The molecular formula is C41H66O13. The summed E-state index contributed by atoms with van der Waals surface area (Å²) >= 11 is 0. The predicted octanol–water partition coefficient (Wildman–Crippen LogP) is 2.54. The summed E-state index contributed by atoms with van der Waals surface area (Å²) < 4.78 is 17.7. The second-order valence-electron chi connectivity index (χ2n) is 19.7. The molecule has 6 rings (SSSR count). The number of ether oxygens (including phenoxy) is 3. The van der Waals surface area contributed by atoms with Crippen LogP contribution < -0.4 is 0 Å². The van der Waals surface area contributed by atoms with Crippen molar-refractivity contribution in [2.75, 3.05) is 13.2 Å². The van der Waals surface area contributed by atoms with E-state index in [9.17, 15) is 50.4 Å². The standard InChI is InChI=1S/C41H66O13/c1-9-20(2)34(51)52-19-41-22(16-36(3,4)31(47)32(41)48)21-10-11-24-37(5)14-13-26(53-35-29(46)27(44)28(45)30(54-35)33(49)50)38(6,18-42)23(37)12-15-39(24,7)40(21,8)17-25(41)43/h10,20,22-32,35,42-48H,9,11-19H2,1-8H3,(H,49,50)/t20-,22+,23-,24-,25+,26+,27-,28-,29+,30-,31+,32+,35+,37+,38+,39-,40-,41+/m1/s1. The SMILES string of the molecule is CC[C@@H](C)C(=O)OC[C@@]12[C@@H](O)C[C@]3(C)C(=CC[C@@H]4[C@@]5(C)CC[C@H](O[C@H]6O[C@@H](C(=O)O)[C@H](O)[C@@H](O)[C@@H]6O)[C@@](C)(CO)[C@@H]5CC[C@]43C)[C@@H]1CC(C)(C)[C@@H](O)[C@@H]2O. The van der Waals surface area contributed by atoms with Crippen molar-refractivity contribution in [3.05, 3.63) is 11.6 Å². The van der Waals surface area contributed by atoms with Gasteiger partial charge in [0.1, 0.15) is 24.9 Å². The number of carboxylic acid groups (broad SMARTS) is 1. The van der Waals surface area contributed by atoms with Crippen molar-refractivity contribution in [2.45, 2.75) is 162 Å². The summed E-state index contributed by atoms with van der Waals surface area (Å²) in [5.41, 5.74) is -2.80. The number of carbonyl (C=O) groups excluding carboxylic acids is 1. The maximum absolute atomic E-state index is 13.0. The van der Waals surface area contributed by atoms with E-state index in [1.807, 2.05) is 27.7 Å². The first kappa shape index (κ1) is 41.9. The molecule has 13 heteroatoms. The van der Waals surface area contributed by atoms with Crippen LogP contribution >= 0.6 is 0 Å². The van der Waals surface area contributed by atoms with E-state index in [1.165, 1.54) is 0 Å². The lowest BCUT2D eigenvalue weighted by molar-refractivity contribution is -0.328. The van der Waals surface area contributed by atoms with E-state index in [0.717, 1.165) is 12.0 Å². The van der Waals surface area contributed by atoms with E-state index < -0.39 is 82.8 Å². The molecule has 0 aromatic heterocycles. The maximum Gasteiger partial charge on any atom is 0.335 e. The van der Waals surface area contributed by atoms with E-state index >= 15 is 0 Å². The Morgan fingerprint density at radius 3 is 2.19 bits per heavy atom. The topological polar surface area (TPSA) is 224 Å². The van der Waals surface area contributed by atoms with Gasteiger partial charge in [-0.25, -0.2) is 4.79 Å². The van der Waals surface area contributed by atoms with E-state index in [2.05, 4.69) is 26.8 Å². The molecule has 5 aliphatic carbocycles. The molecule has 1 heterocycles. The van der Waals surface area contributed by atoms with Gasteiger partial charge in [-0.15, -0.1) is 0 Å². The number of aliphatic carboxylic acids is 1. The lowest BCUT2D eigenvalue weighted by Gasteiger charge is -2.72. The third kappa shape index (κ3) is 5.80. The fraction of sp³-hybridized carbons (Fsp3) is 0.902. The van der Waals surface area contributed by atoms with Gasteiger partial charge in [-0.05, 0) is 90.8 Å². The Morgan fingerprint density at radius 2 is 1.57 bits per heavy atom. The minimum Gasteiger partial charge on any atom is -0.479 e. The van der Waals surface area contributed by atoms with Crippen LogP contribution in [-0.2, 0) is 23.8 Å². The number of aliphatic hydroxyl groups excluding tert-OH is 7. The summed E-state index contributed by atoms with van der Waals surface area (Å²) in [6, 6.07) is 0. The van der Waals surface area contributed by atoms with Gasteiger partial charge in [0.25, 0.3) is 0 Å². The molecule has 8 N–H and O–H groups in total. The minimum atomic E-state index is -1.84. The Balaban J connectivity index is 1.34. The Kier molecular flexibility index (Phi) is 10.9. The van der Waals surface area contributed by atoms with E-state index in [-0.39, 0.29) is 53.7 Å². The number of esters is 1. The largest absolute Gasteiger partial charge is 0.479 e. The van der Waals surface area contributed by atoms with Crippen molar-refractivity contribution < 1.29 is 64.7 Å². The molecule has 4 saturated carbocycles. The highest BCUT2D eigenvalue weighted by Gasteiger charge is 2.73. The van der Waals surface area contributed by atoms with Crippen molar-refractivity contribution in [1.82, 2.24) is 0 Å². The molecule has 0 bridgehead atoms. The van der Waals surface area contributed by atoms with Gasteiger partial charge in [-0.2, -0.15) is 0 Å². The smallest absolute Gasteiger partial charge is 0.335 e. The Hall–Kier alpha value is -1.68. The number of hydrogen-bond donors (Lipinski definition) is 8. The third-order valence-electron chi connectivity index (χ3n) is 16.8. The molecule has 0 unspecified atom stereocenters. The lowest BCUT2D eigenvalue weighted by atomic mass is 9.33. The molecule has 18 atom stereocenters. The molecule has 1 saturated heterocycles. The number of hydrogen-bond acceptors (Lipinski definition) is 12. The van der Waals surface area contributed by atoms with Crippen LogP contribution in [0, 0.1) is 56.2 Å². The fourth-order valence-electron chi connectivity index (χ4n) is 12.9. The number of rotatable bonds is 8. The van der Waals surface area contributed by atoms with Gasteiger partial charge in [-0.3, -0.25) is 4.79 Å². The van der Waals surface area contributed by atoms with Crippen LogP contribution in [0.4, 0.5) is 0 Å². The van der Waals surface area contributed by atoms with Gasteiger partial charge < -0.3 is 55.1 Å². The fourth-order valence-corrected chi connectivity index (χ4v) is 12.9. The molecule has 6 aliphatic rings. The van der Waals surface area contributed by atoms with Crippen LogP contribution in [-0.4, -0.2) is 121 Å². The van der Waals surface area contributed by atoms with E-state index in [4.69, 9.17) is 14.2 Å². The zero-order chi connectivity index (χ0) is 40.1. The lowest BCUT2D eigenvalue weighted by Crippen LogP contribution is -2.72. The van der Waals surface area contributed by atoms with E-state index in [1.54, 1.807) is 6.92 Å². The summed E-state index contributed by atoms with van der Waals surface area (Å²) in [7, 11) is 0. The number of carboxylic acids is 1. The molecule has 5 fully saturated rings. The summed E-state index contributed by atoms with van der Waals surface area (Å²) in [5.74, 6) is -2.53. The average Bonchev–Trinajstić information content (AvgIpc) is 3.11. The van der Waals surface area contributed by atoms with Crippen LogP contribution in [0.5, 0.6) is 0 Å². The molecule has 0 aromatic carbocycles. The number of allylic oxidation sites excluding steroid dienone is 2. The van der Waals surface area contributed by atoms with Crippen LogP contribution in [0.1, 0.15) is 107 Å². The Morgan fingerprint density at radius 1 is 0.907 bits per heavy atom. The number of fused-ring (bicyclic) bond motifs is 7. The van der Waals surface area contributed by atoms with Crippen molar-refractivity contribution in [3.8, 4) is 0 Å². The minimum absolute atomic E-state index is 0.0601. The first-order valence-electron chi connectivity index (χ1n) is 20.1. The summed E-state index contributed by atoms with van der Waals surface area (Å²) in [5, 5.41) is 88.0. The summed E-state index contributed by atoms with van der Waals surface area (Å²) in [4.78, 5) is 24.8. The number of aliphatic hydroxyl groups is 7. The monoisotopic (exact) mass is 766 g/mol. The average molecular weight is 767 g/mol. The quantitative estimate of drug-likeness (QED) is 0.101. The highest BCUT2D eigenvalue weighted by Crippen LogP contribution is 2.76. The first-order valence-corrected chi connectivity index (χ1v) is 20.1. The second-order valence-corrected chi connectivity index (χ2v) is 19.7. The third-order valence-corrected chi connectivity index (χ3v) is 16.8. The maximum atomic E-state index is 13.0. The normalized spacial score (nSPS) is 51.7. The van der Waals surface area contributed by atoms with Gasteiger partial charge in [0.15, 0.2) is 12.4 Å². The second kappa shape index (κ2) is 14.0. The Labute approximate surface area is 319 Å². The van der Waals surface area contributed by atoms with Crippen LogP contribution in [0.2, 0.25) is 0 Å². The molecule has 0 spiro atoms. The van der Waals surface area contributed by atoms with Gasteiger partial charge in [0, 0.05) is 5.41 Å². The highest BCUT2D eigenvalue weighted by molar-refractivity contribution is 5.73. The molecule has 13 nitrogen and oxygen atoms in total. The predicted molar refractivity (Wildman–Crippen MR) is 194 cm³/mol. The van der Waals surface area contributed by atoms with Crippen LogP contribution in [0.15, 0.2) is 11.6 Å². The van der Waals surface area contributed by atoms with Crippen molar-refractivity contribution in [3.63, 3.8) is 0 Å². The van der Waals surface area contributed by atoms with Gasteiger partial charge >= 0.3 is 11.9 Å². The van der Waals surface area contributed by atoms with Gasteiger partial charge in [0.05, 0.1) is 42.4 Å². The summed E-state index contributed by atoms with van der Waals surface area (Å²) in [6.07, 6.45) is -5.81. The first-order chi connectivity index (χ1) is 25.0. The van der Waals surface area contributed by atoms with Gasteiger partial charge in [0.2, 0.25) is 0 Å². The summed E-state index contributed by atoms with van der Waals surface area (Å²) in [6.45, 7) is 15.9. The molecule has 1 aliphatic heterocycles. The van der Waals surface area contributed by atoms with Gasteiger partial charge in [-0.1, -0.05) is 67.0 Å². The molecule has 308 valence electrons. The molecule has 0 aromatic rings. The highest BCUT2D eigenvalue weighted by atomic mass is 16.7.